The third kappa shape index (κ3) is 14.5. The molecule has 0 unspecified atom stereocenters. The molecule has 0 saturated carbocycles. The maximum atomic E-state index is 2.44. The normalized spacial score (nSPS) is 12.9. The lowest BCUT2D eigenvalue weighted by atomic mass is 9.70. The van der Waals surface area contributed by atoms with Gasteiger partial charge in [0.05, 0.1) is 5.41 Å². The van der Waals surface area contributed by atoms with Gasteiger partial charge in [0.2, 0.25) is 0 Å². The molecule has 4 aliphatic carbocycles. The molecule has 0 aromatic heterocycles. The number of hydrogen-bond donors (Lipinski definition) is 0. The van der Waals surface area contributed by atoms with E-state index in [2.05, 4.69) is 557 Å². The smallest absolute Gasteiger partial charge is 0.0726 e. The minimum absolute atomic E-state index is 0.104. The van der Waals surface area contributed by atoms with Gasteiger partial charge in [-0.05, 0) is 293 Å². The third-order valence-electron chi connectivity index (χ3n) is 27.3. The summed E-state index contributed by atoms with van der Waals surface area (Å²) in [6.45, 7) is 9.41. The van der Waals surface area contributed by atoms with Gasteiger partial charge in [-0.1, -0.05) is 325 Å². The summed E-state index contributed by atoms with van der Waals surface area (Å²) in [6.07, 6.45) is 0. The summed E-state index contributed by atoms with van der Waals surface area (Å²) < 4.78 is 0. The SMILES string of the molecule is CN(c1ccc(-c2ccc(N(c3ccccc3)c3ccccc3)cc2)cc1)c1ccc2c(c1)C1(c3ccccc3-c3ccccc31)c1ccccc1-2.CN(c1ccc(-c2ccccc2)cc1)c1ccc2c(c1)C(C)(C)c1cc(N(c3ccccc3)c3ccccc3)ccc1-2.CN(c1ccccc1)c1ccc2c(c1)C(C)(C)c1cc(N(c3ccccc3)c3ccccc3)ccc1-2. The van der Waals surface area contributed by atoms with Gasteiger partial charge in [0.25, 0.3) is 0 Å². The van der Waals surface area contributed by atoms with Crippen LogP contribution in [0, 0.1) is 0 Å². The van der Waals surface area contributed by atoms with Crippen LogP contribution in [-0.4, -0.2) is 21.1 Å². The molecule has 0 aliphatic heterocycles. The highest BCUT2D eigenvalue weighted by Crippen LogP contribution is 2.64. The second kappa shape index (κ2) is 34.0. The van der Waals surface area contributed by atoms with Crippen LogP contribution in [0.4, 0.5) is 85.3 Å². The van der Waals surface area contributed by atoms with Gasteiger partial charge in [0.15, 0.2) is 0 Å². The number of benzene rings is 19. The van der Waals surface area contributed by atoms with E-state index in [4.69, 9.17) is 0 Å². The topological polar surface area (TPSA) is 19.4 Å². The molecule has 6 nitrogen and oxygen atoms in total. The lowest BCUT2D eigenvalue weighted by molar-refractivity contribution is 0.660. The Labute approximate surface area is 765 Å². The fourth-order valence-electron chi connectivity index (χ4n) is 20.5. The van der Waals surface area contributed by atoms with Crippen LogP contribution >= 0.6 is 0 Å². The van der Waals surface area contributed by atoms with Crippen LogP contribution in [0.25, 0.3) is 66.8 Å². The van der Waals surface area contributed by atoms with Crippen LogP contribution in [0.1, 0.15) is 72.2 Å². The highest BCUT2D eigenvalue weighted by atomic mass is 15.2. The molecule has 0 heterocycles. The first kappa shape index (κ1) is 81.0. The van der Waals surface area contributed by atoms with E-state index < -0.39 is 0 Å². The number of fused-ring (bicyclic) bond motifs is 16. The zero-order valence-corrected chi connectivity index (χ0v) is 74.3. The van der Waals surface area contributed by atoms with E-state index >= 15 is 0 Å². The third-order valence-corrected chi connectivity index (χ3v) is 27.3. The predicted molar refractivity (Wildman–Crippen MR) is 549 cm³/mol. The molecule has 0 radical (unpaired) electrons. The van der Waals surface area contributed by atoms with Crippen molar-refractivity contribution in [2.75, 3.05) is 50.5 Å². The van der Waals surface area contributed by atoms with Crippen molar-refractivity contribution in [1.29, 1.82) is 0 Å². The van der Waals surface area contributed by atoms with Gasteiger partial charge in [0, 0.05) is 117 Å². The predicted octanol–water partition coefficient (Wildman–Crippen LogP) is 33.1. The zero-order valence-electron chi connectivity index (χ0n) is 74.3. The molecule has 23 rings (SSSR count). The van der Waals surface area contributed by atoms with Gasteiger partial charge in [0.1, 0.15) is 0 Å². The van der Waals surface area contributed by atoms with E-state index in [-0.39, 0.29) is 16.2 Å². The molecule has 0 N–H and O–H groups in total. The molecular weight excluding hydrogens is 1570 g/mol. The second-order valence-electron chi connectivity index (χ2n) is 35.3. The van der Waals surface area contributed by atoms with Crippen LogP contribution in [0.2, 0.25) is 0 Å². The summed E-state index contributed by atoms with van der Waals surface area (Å²) in [6, 6.07) is 173. The molecular formula is C124H100N6. The summed E-state index contributed by atoms with van der Waals surface area (Å²) in [5.74, 6) is 0. The minimum atomic E-state index is -0.345. The Hall–Kier alpha value is -16.0. The summed E-state index contributed by atoms with van der Waals surface area (Å²) in [5.41, 5.74) is 43.2. The van der Waals surface area contributed by atoms with Gasteiger partial charge in [-0.2, -0.15) is 0 Å². The van der Waals surface area contributed by atoms with Crippen molar-refractivity contribution >= 4 is 85.3 Å². The summed E-state index contributed by atoms with van der Waals surface area (Å²) >= 11 is 0. The van der Waals surface area contributed by atoms with Crippen LogP contribution in [0.15, 0.2) is 479 Å². The maximum absolute atomic E-state index is 2.44. The molecule has 19 aromatic rings. The Kier molecular flexibility index (Phi) is 21.2. The maximum Gasteiger partial charge on any atom is 0.0726 e. The van der Waals surface area contributed by atoms with Crippen LogP contribution in [0.3, 0.4) is 0 Å². The van der Waals surface area contributed by atoms with E-state index in [0.717, 1.165) is 45.5 Å². The van der Waals surface area contributed by atoms with Crippen LogP contribution in [-0.2, 0) is 16.2 Å². The molecule has 0 fully saturated rings. The molecule has 130 heavy (non-hydrogen) atoms. The summed E-state index contributed by atoms with van der Waals surface area (Å²) in [7, 11) is 6.48. The van der Waals surface area contributed by atoms with Crippen molar-refractivity contribution in [1.82, 2.24) is 0 Å². The van der Waals surface area contributed by atoms with Gasteiger partial charge in [-0.25, -0.2) is 0 Å². The molecule has 4 aliphatic rings. The first-order valence-corrected chi connectivity index (χ1v) is 45.1. The van der Waals surface area contributed by atoms with Gasteiger partial charge >= 0.3 is 0 Å². The molecule has 6 heteroatoms. The van der Waals surface area contributed by atoms with Crippen molar-refractivity contribution < 1.29 is 0 Å². The van der Waals surface area contributed by atoms with Crippen LogP contribution in [0.5, 0.6) is 0 Å². The van der Waals surface area contributed by atoms with E-state index in [0.29, 0.717) is 0 Å². The highest BCUT2D eigenvalue weighted by molar-refractivity contribution is 5.97. The average Bonchev–Trinajstić information content (AvgIpc) is 1.51. The fraction of sp³-hybridized carbons (Fsp3) is 0.0806. The van der Waals surface area contributed by atoms with E-state index in [1.165, 1.54) is 151 Å². The second-order valence-corrected chi connectivity index (χ2v) is 35.3. The average molecular weight is 1670 g/mol. The Morgan fingerprint density at radius 1 is 0.138 bits per heavy atom. The van der Waals surface area contributed by atoms with E-state index in [1.807, 2.05) is 0 Å². The Morgan fingerprint density at radius 2 is 0.315 bits per heavy atom. The zero-order chi connectivity index (χ0) is 88.0. The number of anilines is 15. The van der Waals surface area contributed by atoms with E-state index in [9.17, 15) is 0 Å². The van der Waals surface area contributed by atoms with Gasteiger partial charge in [-0.3, -0.25) is 0 Å². The summed E-state index contributed by atoms with van der Waals surface area (Å²) in [5, 5.41) is 0. The molecule has 626 valence electrons. The fourth-order valence-corrected chi connectivity index (χ4v) is 20.5. The number of hydrogen-bond acceptors (Lipinski definition) is 6. The van der Waals surface area contributed by atoms with Crippen molar-refractivity contribution in [3.05, 3.63) is 524 Å². The van der Waals surface area contributed by atoms with Gasteiger partial charge in [-0.15, -0.1) is 0 Å². The summed E-state index contributed by atoms with van der Waals surface area (Å²) in [4.78, 5) is 13.8. The molecule has 0 atom stereocenters. The van der Waals surface area contributed by atoms with E-state index in [1.54, 1.807) is 0 Å². The number of rotatable bonds is 17. The largest absolute Gasteiger partial charge is 0.345 e. The van der Waals surface area contributed by atoms with Crippen molar-refractivity contribution in [3.8, 4) is 66.8 Å². The lowest BCUT2D eigenvalue weighted by Crippen LogP contribution is -2.26. The lowest BCUT2D eigenvalue weighted by Gasteiger charge is -2.31. The van der Waals surface area contributed by atoms with Crippen molar-refractivity contribution in [3.63, 3.8) is 0 Å². The molecule has 1 spiro atoms. The first-order chi connectivity index (χ1) is 63.8. The minimum Gasteiger partial charge on any atom is -0.345 e. The first-order valence-electron chi connectivity index (χ1n) is 45.1. The number of para-hydroxylation sites is 7. The Bertz CT molecular complexity index is 7110. The standard InChI is InChI=1S/C50H36N2.C40H34N2.C34H30N2/c1-51(37-28-24-35(25-29-37)36-26-30-40(31-27-36)52(38-14-4-2-5-15-38)39-16-6-3-7-17-39)41-32-33-45-44-20-10-13-23-48(44)50(49(45)34-41)46-21-11-8-18-42(46)43-19-9-12-22-47(43)50;1-40(2)38-27-34(41(3)31-21-19-30(20-22-31)29-13-7-4-8-14-29)23-25-36(38)37-26-24-35(28-39(37)40)42(32-15-9-5-10-16-32)33-17-11-6-12-18-33;1-34(2)32-23-28(35(3)25-13-7-4-8-14-25)19-21-30(32)31-22-20-29(24-33(31)34)36(26-15-9-5-10-16-26)27-17-11-6-12-18-27/h2-34H,1H3;4-28H,1-3H3;4-24H,1-3H3. The molecule has 0 bridgehead atoms. The molecule has 19 aromatic carbocycles. The molecule has 0 amide bonds. The Balaban J connectivity index is 0.000000120. The number of nitrogens with zero attached hydrogens (tertiary/aromatic N) is 6. The quantitative estimate of drug-likeness (QED) is 0.0899. The van der Waals surface area contributed by atoms with Gasteiger partial charge < -0.3 is 29.4 Å². The molecule has 0 saturated heterocycles. The van der Waals surface area contributed by atoms with Crippen molar-refractivity contribution in [2.45, 2.75) is 43.9 Å². The van der Waals surface area contributed by atoms with Crippen LogP contribution < -0.4 is 29.4 Å². The Morgan fingerprint density at radius 3 is 0.608 bits per heavy atom. The monoisotopic (exact) mass is 1670 g/mol. The highest BCUT2D eigenvalue weighted by Gasteiger charge is 2.52. The van der Waals surface area contributed by atoms with Crippen molar-refractivity contribution in [2.24, 2.45) is 0 Å².